The molecule has 1 amide bonds. The summed E-state index contributed by atoms with van der Waals surface area (Å²) in [5, 5.41) is 0. The fourth-order valence-corrected chi connectivity index (χ4v) is 3.95. The fourth-order valence-electron chi connectivity index (χ4n) is 3.95. The molecular formula is C23H22N2O. The summed E-state index contributed by atoms with van der Waals surface area (Å²) in [4.78, 5) is 15.3. The van der Waals surface area contributed by atoms with Gasteiger partial charge in [0.1, 0.15) is 0 Å². The van der Waals surface area contributed by atoms with Crippen LogP contribution in [-0.2, 0) is 6.54 Å². The number of nitrogens with zero attached hydrogens (tertiary/aromatic N) is 1. The van der Waals surface area contributed by atoms with Gasteiger partial charge in [0, 0.05) is 24.6 Å². The number of benzene rings is 3. The standard InChI is InChI=1S/C23H22N2O/c24-15-21-19-13-7-8-14-20(19)23(26)25(16-17-9-3-1-4-10-17)22(21)18-11-5-2-6-12-18/h1-14,21-22H,15-16,24H2/t21-,22+/m1/s1. The Balaban J connectivity index is 1.84. The second-order valence-electron chi connectivity index (χ2n) is 6.70. The van der Waals surface area contributed by atoms with E-state index >= 15 is 0 Å². The van der Waals surface area contributed by atoms with E-state index in [0.717, 1.165) is 22.3 Å². The summed E-state index contributed by atoms with van der Waals surface area (Å²) in [6.45, 7) is 1.07. The molecule has 2 N–H and O–H groups in total. The van der Waals surface area contributed by atoms with E-state index in [1.54, 1.807) is 0 Å². The van der Waals surface area contributed by atoms with E-state index in [1.807, 2.05) is 65.6 Å². The van der Waals surface area contributed by atoms with E-state index in [4.69, 9.17) is 5.73 Å². The third-order valence-corrected chi connectivity index (χ3v) is 5.16. The van der Waals surface area contributed by atoms with E-state index in [1.165, 1.54) is 0 Å². The van der Waals surface area contributed by atoms with Crippen LogP contribution in [0.15, 0.2) is 84.9 Å². The average Bonchev–Trinajstić information content (AvgIpc) is 2.71. The highest BCUT2D eigenvalue weighted by Gasteiger charge is 2.39. The molecule has 0 spiro atoms. The highest BCUT2D eigenvalue weighted by Crippen LogP contribution is 2.42. The van der Waals surface area contributed by atoms with Crippen molar-refractivity contribution in [2.75, 3.05) is 6.54 Å². The Bertz CT molecular complexity index is 892. The van der Waals surface area contributed by atoms with E-state index in [-0.39, 0.29) is 17.9 Å². The van der Waals surface area contributed by atoms with Crippen LogP contribution in [0.25, 0.3) is 0 Å². The average molecular weight is 342 g/mol. The van der Waals surface area contributed by atoms with Crippen LogP contribution < -0.4 is 5.73 Å². The Morgan fingerprint density at radius 3 is 2.12 bits per heavy atom. The topological polar surface area (TPSA) is 46.3 Å². The zero-order valence-electron chi connectivity index (χ0n) is 14.6. The van der Waals surface area contributed by atoms with Gasteiger partial charge in [-0.05, 0) is 22.8 Å². The van der Waals surface area contributed by atoms with E-state index in [0.29, 0.717) is 13.1 Å². The maximum Gasteiger partial charge on any atom is 0.254 e. The lowest BCUT2D eigenvalue weighted by atomic mass is 9.79. The number of fused-ring (bicyclic) bond motifs is 1. The van der Waals surface area contributed by atoms with Crippen LogP contribution in [0.2, 0.25) is 0 Å². The summed E-state index contributed by atoms with van der Waals surface area (Å²) in [5.74, 6) is 0.151. The fraction of sp³-hybridized carbons (Fsp3) is 0.174. The number of nitrogens with two attached hydrogens (primary N) is 1. The van der Waals surface area contributed by atoms with Crippen molar-refractivity contribution < 1.29 is 4.79 Å². The third-order valence-electron chi connectivity index (χ3n) is 5.16. The first-order chi connectivity index (χ1) is 12.8. The van der Waals surface area contributed by atoms with Crippen LogP contribution >= 0.6 is 0 Å². The minimum Gasteiger partial charge on any atom is -0.330 e. The predicted octanol–water partition coefficient (Wildman–Crippen LogP) is 4.13. The third kappa shape index (κ3) is 2.91. The van der Waals surface area contributed by atoms with Gasteiger partial charge < -0.3 is 10.6 Å². The molecule has 3 aromatic carbocycles. The predicted molar refractivity (Wildman–Crippen MR) is 104 cm³/mol. The summed E-state index contributed by atoms with van der Waals surface area (Å²) in [6.07, 6.45) is 0. The summed E-state index contributed by atoms with van der Waals surface area (Å²) >= 11 is 0. The molecular weight excluding hydrogens is 320 g/mol. The lowest BCUT2D eigenvalue weighted by molar-refractivity contribution is 0.0590. The molecule has 2 atom stereocenters. The minimum absolute atomic E-state index is 0.0659. The molecule has 0 fully saturated rings. The molecule has 1 aliphatic heterocycles. The summed E-state index contributed by atoms with van der Waals surface area (Å²) in [5.41, 5.74) is 10.3. The Kier molecular flexibility index (Phi) is 4.55. The lowest BCUT2D eigenvalue weighted by Gasteiger charge is -2.42. The van der Waals surface area contributed by atoms with Crippen LogP contribution in [0.5, 0.6) is 0 Å². The Morgan fingerprint density at radius 2 is 1.42 bits per heavy atom. The first kappa shape index (κ1) is 16.6. The number of rotatable bonds is 4. The summed E-state index contributed by atoms with van der Waals surface area (Å²) < 4.78 is 0. The van der Waals surface area contributed by atoms with E-state index in [2.05, 4.69) is 24.3 Å². The molecule has 0 radical (unpaired) electrons. The summed E-state index contributed by atoms with van der Waals surface area (Å²) in [6, 6.07) is 28.2. The van der Waals surface area contributed by atoms with E-state index < -0.39 is 0 Å². The summed E-state index contributed by atoms with van der Waals surface area (Å²) in [7, 11) is 0. The van der Waals surface area contributed by atoms with Gasteiger partial charge in [0.15, 0.2) is 0 Å². The number of hydrogen-bond donors (Lipinski definition) is 1. The Morgan fingerprint density at radius 1 is 0.808 bits per heavy atom. The maximum absolute atomic E-state index is 13.4. The van der Waals surface area contributed by atoms with Crippen molar-refractivity contribution in [1.29, 1.82) is 0 Å². The largest absolute Gasteiger partial charge is 0.330 e. The molecule has 26 heavy (non-hydrogen) atoms. The highest BCUT2D eigenvalue weighted by atomic mass is 16.2. The van der Waals surface area contributed by atoms with Crippen LogP contribution in [0.3, 0.4) is 0 Å². The van der Waals surface area contributed by atoms with Gasteiger partial charge in [0.2, 0.25) is 0 Å². The smallest absolute Gasteiger partial charge is 0.254 e. The zero-order chi connectivity index (χ0) is 17.9. The number of hydrogen-bond acceptors (Lipinski definition) is 2. The quantitative estimate of drug-likeness (QED) is 0.775. The Labute approximate surface area is 154 Å². The lowest BCUT2D eigenvalue weighted by Crippen LogP contribution is -2.44. The SMILES string of the molecule is NC[C@@H]1c2ccccc2C(=O)N(Cc2ccccc2)[C@H]1c1ccccc1. The molecule has 0 aromatic heterocycles. The second-order valence-corrected chi connectivity index (χ2v) is 6.70. The van der Waals surface area contributed by atoms with Gasteiger partial charge >= 0.3 is 0 Å². The van der Waals surface area contributed by atoms with Gasteiger partial charge in [-0.15, -0.1) is 0 Å². The highest BCUT2D eigenvalue weighted by molar-refractivity contribution is 5.97. The first-order valence-electron chi connectivity index (χ1n) is 8.98. The molecule has 3 nitrogen and oxygen atoms in total. The van der Waals surface area contributed by atoms with Crippen molar-refractivity contribution in [2.45, 2.75) is 18.5 Å². The normalized spacial score (nSPS) is 19.3. The molecule has 1 aliphatic rings. The molecule has 1 heterocycles. The van der Waals surface area contributed by atoms with Crippen molar-refractivity contribution in [3.05, 3.63) is 107 Å². The first-order valence-corrected chi connectivity index (χ1v) is 8.98. The van der Waals surface area contributed by atoms with Crippen LogP contribution in [0, 0.1) is 0 Å². The molecule has 3 heteroatoms. The molecule has 4 rings (SSSR count). The van der Waals surface area contributed by atoms with Gasteiger partial charge in [-0.3, -0.25) is 4.79 Å². The van der Waals surface area contributed by atoms with Crippen molar-refractivity contribution in [3.8, 4) is 0 Å². The zero-order valence-corrected chi connectivity index (χ0v) is 14.6. The second kappa shape index (κ2) is 7.14. The minimum atomic E-state index is -0.0659. The van der Waals surface area contributed by atoms with Crippen LogP contribution in [0.1, 0.15) is 39.0 Å². The molecule has 0 bridgehead atoms. The van der Waals surface area contributed by atoms with Gasteiger partial charge in [0.05, 0.1) is 6.04 Å². The van der Waals surface area contributed by atoms with Crippen LogP contribution in [0.4, 0.5) is 0 Å². The van der Waals surface area contributed by atoms with Crippen molar-refractivity contribution in [2.24, 2.45) is 5.73 Å². The van der Waals surface area contributed by atoms with Crippen molar-refractivity contribution in [1.82, 2.24) is 4.90 Å². The molecule has 0 saturated carbocycles. The molecule has 0 aliphatic carbocycles. The van der Waals surface area contributed by atoms with Gasteiger partial charge in [-0.2, -0.15) is 0 Å². The van der Waals surface area contributed by atoms with Crippen LogP contribution in [-0.4, -0.2) is 17.4 Å². The van der Waals surface area contributed by atoms with E-state index in [9.17, 15) is 4.79 Å². The molecule has 130 valence electrons. The van der Waals surface area contributed by atoms with Crippen molar-refractivity contribution in [3.63, 3.8) is 0 Å². The monoisotopic (exact) mass is 342 g/mol. The Hall–Kier alpha value is -2.91. The van der Waals surface area contributed by atoms with Gasteiger partial charge in [-0.25, -0.2) is 0 Å². The molecule has 0 saturated heterocycles. The number of amides is 1. The van der Waals surface area contributed by atoms with Crippen molar-refractivity contribution >= 4 is 5.91 Å². The maximum atomic E-state index is 13.4. The molecule has 3 aromatic rings. The number of carbonyl (C=O) groups excluding carboxylic acids is 1. The van der Waals surface area contributed by atoms with Gasteiger partial charge in [-0.1, -0.05) is 78.9 Å². The van der Waals surface area contributed by atoms with Gasteiger partial charge in [0.25, 0.3) is 5.91 Å². The number of carbonyl (C=O) groups is 1. The molecule has 0 unspecified atom stereocenters.